The van der Waals surface area contributed by atoms with Crippen molar-refractivity contribution in [2.75, 3.05) is 12.4 Å². The van der Waals surface area contributed by atoms with Crippen LogP contribution in [0.15, 0.2) is 53.0 Å². The Bertz CT molecular complexity index is 727. The van der Waals surface area contributed by atoms with E-state index in [1.807, 2.05) is 26.0 Å². The van der Waals surface area contributed by atoms with Crippen molar-refractivity contribution in [3.8, 4) is 5.75 Å². The molecule has 0 radical (unpaired) electrons. The maximum atomic E-state index is 12.5. The smallest absolute Gasteiger partial charge is 0.251 e. The minimum absolute atomic E-state index is 0.0577. The highest BCUT2D eigenvalue weighted by Crippen LogP contribution is 2.16. The Labute approximate surface area is 155 Å². The van der Waals surface area contributed by atoms with Crippen LogP contribution in [0.2, 0.25) is 0 Å². The molecule has 2 aromatic rings. The van der Waals surface area contributed by atoms with Gasteiger partial charge < -0.3 is 15.4 Å². The number of nitrogens with one attached hydrogen (secondary N) is 2. The molecule has 0 fully saturated rings. The number of carbonyl (C=O) groups is 2. The van der Waals surface area contributed by atoms with Crippen LogP contribution in [0.1, 0.15) is 24.2 Å². The molecule has 0 aliphatic rings. The van der Waals surface area contributed by atoms with Crippen molar-refractivity contribution in [2.45, 2.75) is 19.9 Å². The van der Waals surface area contributed by atoms with E-state index in [0.29, 0.717) is 17.0 Å². The number of ether oxygens (including phenoxy) is 1. The van der Waals surface area contributed by atoms with Gasteiger partial charge in [0, 0.05) is 15.7 Å². The van der Waals surface area contributed by atoms with E-state index < -0.39 is 6.04 Å². The van der Waals surface area contributed by atoms with Gasteiger partial charge in [0.25, 0.3) is 5.91 Å². The van der Waals surface area contributed by atoms with Crippen molar-refractivity contribution < 1.29 is 14.3 Å². The molecule has 1 atom stereocenters. The Balaban J connectivity index is 2.07. The second kappa shape index (κ2) is 8.67. The Morgan fingerprint density at radius 1 is 1.00 bits per heavy atom. The largest absolute Gasteiger partial charge is 0.497 e. The quantitative estimate of drug-likeness (QED) is 0.767. The van der Waals surface area contributed by atoms with Crippen molar-refractivity contribution >= 4 is 33.4 Å². The molecule has 0 unspecified atom stereocenters. The summed E-state index contributed by atoms with van der Waals surface area (Å²) < 4.78 is 6.01. The summed E-state index contributed by atoms with van der Waals surface area (Å²) in [5, 5.41) is 5.63. The second-order valence-electron chi connectivity index (χ2n) is 5.92. The van der Waals surface area contributed by atoms with Gasteiger partial charge in [0.1, 0.15) is 11.8 Å². The van der Waals surface area contributed by atoms with Crippen LogP contribution in [0.25, 0.3) is 0 Å². The molecule has 5 nitrogen and oxygen atoms in total. The van der Waals surface area contributed by atoms with Crippen LogP contribution >= 0.6 is 15.9 Å². The van der Waals surface area contributed by atoms with Gasteiger partial charge in [-0.3, -0.25) is 9.59 Å². The molecule has 0 bridgehead atoms. The third-order valence-electron chi connectivity index (χ3n) is 3.70. The molecule has 6 heteroatoms. The molecule has 0 saturated carbocycles. The van der Waals surface area contributed by atoms with E-state index in [1.165, 1.54) is 0 Å². The van der Waals surface area contributed by atoms with Gasteiger partial charge in [-0.1, -0.05) is 29.8 Å². The number of methoxy groups -OCH3 is 1. The first-order chi connectivity index (χ1) is 11.9. The minimum atomic E-state index is -0.641. The van der Waals surface area contributed by atoms with Gasteiger partial charge in [-0.15, -0.1) is 0 Å². The Kier molecular flexibility index (Phi) is 6.58. The van der Waals surface area contributed by atoms with E-state index in [4.69, 9.17) is 4.74 Å². The topological polar surface area (TPSA) is 67.4 Å². The number of benzene rings is 2. The van der Waals surface area contributed by atoms with E-state index >= 15 is 0 Å². The molecule has 25 heavy (non-hydrogen) atoms. The van der Waals surface area contributed by atoms with Crippen LogP contribution in [-0.4, -0.2) is 25.0 Å². The highest BCUT2D eigenvalue weighted by Gasteiger charge is 2.24. The number of rotatable bonds is 6. The molecule has 0 saturated heterocycles. The zero-order chi connectivity index (χ0) is 18.4. The SMILES string of the molecule is COc1ccc(C(=O)N[C@H](C(=O)Nc2ccc(Br)cc2)C(C)C)cc1. The molecule has 0 aromatic heterocycles. The molecular weight excluding hydrogens is 384 g/mol. The third kappa shape index (κ3) is 5.32. The van der Waals surface area contributed by atoms with Crippen molar-refractivity contribution in [1.82, 2.24) is 5.32 Å². The first kappa shape index (κ1) is 19.0. The van der Waals surface area contributed by atoms with Gasteiger partial charge in [0.15, 0.2) is 0 Å². The van der Waals surface area contributed by atoms with Crippen LogP contribution in [-0.2, 0) is 4.79 Å². The van der Waals surface area contributed by atoms with Gasteiger partial charge in [-0.25, -0.2) is 0 Å². The number of amides is 2. The van der Waals surface area contributed by atoms with Gasteiger partial charge >= 0.3 is 0 Å². The number of anilines is 1. The van der Waals surface area contributed by atoms with Crippen LogP contribution in [0.4, 0.5) is 5.69 Å². The summed E-state index contributed by atoms with van der Waals surface area (Å²) in [6.45, 7) is 3.78. The zero-order valence-electron chi connectivity index (χ0n) is 14.4. The molecule has 2 N–H and O–H groups in total. The van der Waals surface area contributed by atoms with Crippen LogP contribution < -0.4 is 15.4 Å². The zero-order valence-corrected chi connectivity index (χ0v) is 16.0. The molecule has 0 aliphatic carbocycles. The molecule has 0 heterocycles. The summed E-state index contributed by atoms with van der Waals surface area (Å²) in [6.07, 6.45) is 0. The van der Waals surface area contributed by atoms with Gasteiger partial charge in [-0.2, -0.15) is 0 Å². The summed E-state index contributed by atoms with van der Waals surface area (Å²) in [6, 6.07) is 13.4. The first-order valence-electron chi connectivity index (χ1n) is 7.92. The summed E-state index contributed by atoms with van der Waals surface area (Å²) in [5.74, 6) is 0.0640. The second-order valence-corrected chi connectivity index (χ2v) is 6.84. The van der Waals surface area contributed by atoms with Crippen molar-refractivity contribution in [3.63, 3.8) is 0 Å². The summed E-state index contributed by atoms with van der Waals surface area (Å²) in [4.78, 5) is 25.0. The fraction of sp³-hybridized carbons (Fsp3) is 0.263. The van der Waals surface area contributed by atoms with Gasteiger partial charge in [0.2, 0.25) is 5.91 Å². The Morgan fingerprint density at radius 2 is 1.60 bits per heavy atom. The molecule has 2 amide bonds. The van der Waals surface area contributed by atoms with Crippen molar-refractivity contribution in [2.24, 2.45) is 5.92 Å². The van der Waals surface area contributed by atoms with Crippen LogP contribution in [0.5, 0.6) is 5.75 Å². The first-order valence-corrected chi connectivity index (χ1v) is 8.71. The Morgan fingerprint density at radius 3 is 2.12 bits per heavy atom. The number of hydrogen-bond acceptors (Lipinski definition) is 3. The summed E-state index contributed by atoms with van der Waals surface area (Å²) in [5.41, 5.74) is 1.15. The Hall–Kier alpha value is -2.34. The lowest BCUT2D eigenvalue weighted by molar-refractivity contribution is -0.118. The van der Waals surface area contributed by atoms with Crippen LogP contribution in [0, 0.1) is 5.92 Å². The minimum Gasteiger partial charge on any atom is -0.497 e. The lowest BCUT2D eigenvalue weighted by Gasteiger charge is -2.22. The molecule has 0 spiro atoms. The number of hydrogen-bond donors (Lipinski definition) is 2. The molecule has 0 aliphatic heterocycles. The number of halogens is 1. The molecule has 2 aromatic carbocycles. The van der Waals surface area contributed by atoms with E-state index in [1.54, 1.807) is 43.5 Å². The van der Waals surface area contributed by atoms with Gasteiger partial charge in [-0.05, 0) is 54.4 Å². The van der Waals surface area contributed by atoms with Gasteiger partial charge in [0.05, 0.1) is 7.11 Å². The number of carbonyl (C=O) groups excluding carboxylic acids is 2. The monoisotopic (exact) mass is 404 g/mol. The summed E-state index contributed by atoms with van der Waals surface area (Å²) >= 11 is 3.35. The fourth-order valence-corrected chi connectivity index (χ4v) is 2.52. The maximum absolute atomic E-state index is 12.5. The predicted octanol–water partition coefficient (Wildman–Crippen LogP) is 3.85. The highest BCUT2D eigenvalue weighted by molar-refractivity contribution is 9.10. The van der Waals surface area contributed by atoms with E-state index in [0.717, 1.165) is 4.47 Å². The standard InChI is InChI=1S/C19H21BrN2O3/c1-12(2)17(19(24)21-15-8-6-14(20)7-9-15)22-18(23)13-4-10-16(25-3)11-5-13/h4-12,17H,1-3H3,(H,21,24)(H,22,23)/t17-/m0/s1. The normalized spacial score (nSPS) is 11.7. The lowest BCUT2D eigenvalue weighted by atomic mass is 10.0. The third-order valence-corrected chi connectivity index (χ3v) is 4.23. The van der Waals surface area contributed by atoms with E-state index in [9.17, 15) is 9.59 Å². The highest BCUT2D eigenvalue weighted by atomic mass is 79.9. The average molecular weight is 405 g/mol. The van der Waals surface area contributed by atoms with E-state index in [2.05, 4.69) is 26.6 Å². The fourth-order valence-electron chi connectivity index (χ4n) is 2.26. The summed E-state index contributed by atoms with van der Waals surface area (Å²) in [7, 11) is 1.57. The maximum Gasteiger partial charge on any atom is 0.251 e. The van der Waals surface area contributed by atoms with Crippen molar-refractivity contribution in [1.29, 1.82) is 0 Å². The predicted molar refractivity (Wildman–Crippen MR) is 102 cm³/mol. The van der Waals surface area contributed by atoms with Crippen molar-refractivity contribution in [3.05, 3.63) is 58.6 Å². The van der Waals surface area contributed by atoms with Crippen LogP contribution in [0.3, 0.4) is 0 Å². The molecular formula is C19H21BrN2O3. The molecule has 2 rings (SSSR count). The molecule has 132 valence electrons. The van der Waals surface area contributed by atoms with E-state index in [-0.39, 0.29) is 17.7 Å². The average Bonchev–Trinajstić information content (AvgIpc) is 2.61. The lowest BCUT2D eigenvalue weighted by Crippen LogP contribution is -2.47.